The third kappa shape index (κ3) is 3.78. The lowest BCUT2D eigenvalue weighted by molar-refractivity contribution is 0.0711. The fraction of sp³-hybridized carbons (Fsp3) is 0.292. The number of aromatic nitrogens is 6. The molecule has 1 aliphatic heterocycles. The van der Waals surface area contributed by atoms with E-state index in [2.05, 4.69) is 30.4 Å². The Bertz CT molecular complexity index is 1450. The van der Waals surface area contributed by atoms with E-state index in [0.717, 1.165) is 0 Å². The van der Waals surface area contributed by atoms with E-state index in [0.29, 0.717) is 59.6 Å². The van der Waals surface area contributed by atoms with Crippen LogP contribution in [0.5, 0.6) is 0 Å². The molecule has 1 aliphatic carbocycles. The van der Waals surface area contributed by atoms with Gasteiger partial charge in [-0.25, -0.2) is 32.8 Å². The maximum Gasteiger partial charge on any atom is 0.256 e. The smallest absolute Gasteiger partial charge is 0.256 e. The van der Waals surface area contributed by atoms with E-state index in [4.69, 9.17) is 5.73 Å². The van der Waals surface area contributed by atoms with Crippen LogP contribution in [0.2, 0.25) is 0 Å². The summed E-state index contributed by atoms with van der Waals surface area (Å²) in [6.45, 7) is 0.889. The number of hydrogen-bond donors (Lipinski definition) is 2. The molecule has 3 N–H and O–H groups in total. The van der Waals surface area contributed by atoms with Crippen LogP contribution < -0.4 is 16.0 Å². The van der Waals surface area contributed by atoms with Gasteiger partial charge >= 0.3 is 0 Å². The van der Waals surface area contributed by atoms with Crippen LogP contribution in [0, 0.1) is 11.2 Å². The number of halogens is 3. The lowest BCUT2D eigenvalue weighted by atomic mass is 10.1. The highest BCUT2D eigenvalue weighted by Gasteiger charge is 2.72. The summed E-state index contributed by atoms with van der Waals surface area (Å²) in [6.07, 6.45) is 3.55. The number of nitrogens with two attached hydrogens (primary N) is 1. The summed E-state index contributed by atoms with van der Waals surface area (Å²) >= 11 is 0. The first kappa shape index (κ1) is 22.3. The quantitative estimate of drug-likeness (QED) is 0.429. The van der Waals surface area contributed by atoms with Crippen molar-refractivity contribution in [2.24, 2.45) is 12.5 Å². The summed E-state index contributed by atoms with van der Waals surface area (Å²) in [7, 11) is 1.72. The van der Waals surface area contributed by atoms with Crippen LogP contribution in [0.1, 0.15) is 12.8 Å². The van der Waals surface area contributed by atoms with Gasteiger partial charge in [-0.05, 0) is 42.8 Å². The molecular formula is C24H22F3N9. The molecule has 3 aromatic heterocycles. The predicted molar refractivity (Wildman–Crippen MR) is 128 cm³/mol. The van der Waals surface area contributed by atoms with Crippen molar-refractivity contribution in [2.45, 2.75) is 18.8 Å². The zero-order chi connectivity index (χ0) is 25.1. The summed E-state index contributed by atoms with van der Waals surface area (Å²) in [6, 6.07) is 9.84. The number of nitrogens with one attached hydrogen (secondary N) is 1. The monoisotopic (exact) mass is 493 g/mol. The number of nitrogen functional groups attached to an aromatic ring is 1. The standard InChI is InChI=1S/C24H22F3N9/c1-35-22(31-15-3-4-16(17(25)10-15)18-6-8-29-21(28)32-18)33-20(34-35)14-2-5-19(30-11-14)36-9-7-23(13-36)12-24(23,26)27/h2-6,8,10-11H,7,9,12-13H2,1H3,(H2,28,29,32)(H,31,33,34). The predicted octanol–water partition coefficient (Wildman–Crippen LogP) is 4.03. The fourth-order valence-electron chi connectivity index (χ4n) is 4.67. The topological polar surface area (TPSA) is 111 Å². The van der Waals surface area contributed by atoms with Crippen molar-refractivity contribution in [1.82, 2.24) is 29.7 Å². The van der Waals surface area contributed by atoms with E-state index in [-0.39, 0.29) is 12.4 Å². The Hall–Kier alpha value is -4.22. The SMILES string of the molecule is Cn1nc(-c2ccc(N3CCC4(C3)CC4(F)F)nc2)nc1Nc1ccc(-c2ccnc(N)n2)c(F)c1. The minimum Gasteiger partial charge on any atom is -0.368 e. The number of anilines is 4. The van der Waals surface area contributed by atoms with Crippen LogP contribution in [0.15, 0.2) is 48.8 Å². The molecule has 4 aromatic rings. The third-order valence-electron chi connectivity index (χ3n) is 6.83. The summed E-state index contributed by atoms with van der Waals surface area (Å²) in [4.78, 5) is 18.7. The van der Waals surface area contributed by atoms with Gasteiger partial charge in [0.2, 0.25) is 11.9 Å². The Kier molecular flexibility index (Phi) is 4.88. The molecule has 0 amide bonds. The van der Waals surface area contributed by atoms with Gasteiger partial charge in [-0.3, -0.25) is 0 Å². The summed E-state index contributed by atoms with van der Waals surface area (Å²) in [5, 5.41) is 7.48. The largest absolute Gasteiger partial charge is 0.368 e. The molecule has 6 rings (SSSR count). The highest BCUT2D eigenvalue weighted by molar-refractivity contribution is 5.66. The average Bonchev–Trinajstić information content (AvgIpc) is 3.14. The first-order chi connectivity index (χ1) is 17.2. The normalized spacial score (nSPS) is 20.2. The lowest BCUT2D eigenvalue weighted by Crippen LogP contribution is -2.23. The van der Waals surface area contributed by atoms with Crippen molar-refractivity contribution in [3.63, 3.8) is 0 Å². The van der Waals surface area contributed by atoms with E-state index in [1.54, 1.807) is 42.2 Å². The van der Waals surface area contributed by atoms with Gasteiger partial charge in [0, 0.05) is 55.8 Å². The van der Waals surface area contributed by atoms with Gasteiger partial charge in [-0.15, -0.1) is 5.10 Å². The molecule has 1 saturated carbocycles. The van der Waals surface area contributed by atoms with Crippen molar-refractivity contribution >= 4 is 23.4 Å². The van der Waals surface area contributed by atoms with Crippen LogP contribution in [-0.2, 0) is 7.05 Å². The summed E-state index contributed by atoms with van der Waals surface area (Å²) in [5.41, 5.74) is 6.56. The molecule has 36 heavy (non-hydrogen) atoms. The lowest BCUT2D eigenvalue weighted by Gasteiger charge is -2.17. The van der Waals surface area contributed by atoms with Gasteiger partial charge in [0.25, 0.3) is 5.92 Å². The molecule has 4 heterocycles. The third-order valence-corrected chi connectivity index (χ3v) is 6.83. The van der Waals surface area contributed by atoms with Gasteiger partial charge in [0.05, 0.1) is 11.1 Å². The zero-order valence-electron chi connectivity index (χ0n) is 19.3. The van der Waals surface area contributed by atoms with Crippen molar-refractivity contribution < 1.29 is 13.2 Å². The fourth-order valence-corrected chi connectivity index (χ4v) is 4.67. The number of benzene rings is 1. The number of rotatable bonds is 5. The minimum atomic E-state index is -2.56. The molecule has 1 saturated heterocycles. The van der Waals surface area contributed by atoms with Crippen molar-refractivity contribution in [3.05, 3.63) is 54.6 Å². The van der Waals surface area contributed by atoms with Crippen LogP contribution in [0.25, 0.3) is 22.6 Å². The first-order valence-electron chi connectivity index (χ1n) is 11.4. The molecule has 1 aromatic carbocycles. The molecule has 12 heteroatoms. The number of alkyl halides is 2. The molecule has 2 aliphatic rings. The summed E-state index contributed by atoms with van der Waals surface area (Å²) in [5.74, 6) is -1.47. The van der Waals surface area contributed by atoms with Gasteiger partial charge in [-0.2, -0.15) is 4.98 Å². The molecule has 0 radical (unpaired) electrons. The van der Waals surface area contributed by atoms with E-state index in [1.807, 2.05) is 11.0 Å². The maximum atomic E-state index is 14.8. The number of nitrogens with zero attached hydrogens (tertiary/aromatic N) is 7. The molecule has 1 atom stereocenters. The Balaban J connectivity index is 1.17. The van der Waals surface area contributed by atoms with Crippen LogP contribution in [0.3, 0.4) is 0 Å². The average molecular weight is 493 g/mol. The van der Waals surface area contributed by atoms with E-state index in [9.17, 15) is 13.2 Å². The molecule has 0 bridgehead atoms. The van der Waals surface area contributed by atoms with E-state index >= 15 is 0 Å². The second-order valence-corrected chi connectivity index (χ2v) is 9.24. The highest BCUT2D eigenvalue weighted by atomic mass is 19.3. The Morgan fingerprint density at radius 1 is 1.08 bits per heavy atom. The van der Waals surface area contributed by atoms with Crippen LogP contribution in [0.4, 0.5) is 36.6 Å². The minimum absolute atomic E-state index is 0.0376. The first-order valence-corrected chi connectivity index (χ1v) is 11.4. The van der Waals surface area contributed by atoms with Gasteiger partial charge in [0.15, 0.2) is 5.82 Å². The zero-order valence-corrected chi connectivity index (χ0v) is 19.3. The van der Waals surface area contributed by atoms with Gasteiger partial charge in [-0.1, -0.05) is 0 Å². The van der Waals surface area contributed by atoms with Crippen LogP contribution in [-0.4, -0.2) is 48.7 Å². The van der Waals surface area contributed by atoms with Gasteiger partial charge in [0.1, 0.15) is 11.6 Å². The number of pyridine rings is 1. The molecule has 1 spiro atoms. The van der Waals surface area contributed by atoms with Gasteiger partial charge < -0.3 is 16.0 Å². The van der Waals surface area contributed by atoms with Crippen molar-refractivity contribution in [3.8, 4) is 22.6 Å². The van der Waals surface area contributed by atoms with E-state index < -0.39 is 17.2 Å². The second-order valence-electron chi connectivity index (χ2n) is 9.24. The van der Waals surface area contributed by atoms with E-state index in [1.165, 1.54) is 12.3 Å². The van der Waals surface area contributed by atoms with Crippen molar-refractivity contribution in [1.29, 1.82) is 0 Å². The molecular weight excluding hydrogens is 471 g/mol. The summed E-state index contributed by atoms with van der Waals surface area (Å²) < 4.78 is 43.7. The number of hydrogen-bond acceptors (Lipinski definition) is 8. The number of aryl methyl sites for hydroxylation is 1. The van der Waals surface area contributed by atoms with Crippen molar-refractivity contribution in [2.75, 3.05) is 29.0 Å². The van der Waals surface area contributed by atoms with Crippen LogP contribution >= 0.6 is 0 Å². The maximum absolute atomic E-state index is 14.8. The Labute approximate surface area is 204 Å². The molecule has 9 nitrogen and oxygen atoms in total. The molecule has 1 unspecified atom stereocenters. The Morgan fingerprint density at radius 2 is 1.92 bits per heavy atom. The highest BCUT2D eigenvalue weighted by Crippen LogP contribution is 2.65. The molecule has 2 fully saturated rings. The Morgan fingerprint density at radius 3 is 2.58 bits per heavy atom. The molecule has 184 valence electrons. The second kappa shape index (κ2) is 7.90.